The van der Waals surface area contributed by atoms with Crippen LogP contribution in [0.2, 0.25) is 0 Å². The van der Waals surface area contributed by atoms with Gasteiger partial charge in [0.05, 0.1) is 0 Å². The van der Waals surface area contributed by atoms with Gasteiger partial charge in [-0.1, -0.05) is 27.7 Å². The molecule has 0 aromatic heterocycles. The Kier molecular flexibility index (Phi) is 4.14. The monoisotopic (exact) mass is 284 g/mol. The zero-order valence-electron chi connectivity index (χ0n) is 12.2. The first-order valence-corrected chi connectivity index (χ1v) is 8.22. The van der Waals surface area contributed by atoms with Gasteiger partial charge >= 0.3 is 0 Å². The van der Waals surface area contributed by atoms with Crippen LogP contribution >= 0.6 is 11.8 Å². The Morgan fingerprint density at radius 2 is 2.05 bits per heavy atom. The molecule has 0 aromatic carbocycles. The SMILES string of the molecule is CCC1C(=O)NC(C(C)(C)C)C(=O)N1C1CCSC1. The topological polar surface area (TPSA) is 49.4 Å². The van der Waals surface area contributed by atoms with Crippen molar-refractivity contribution in [1.29, 1.82) is 0 Å². The summed E-state index contributed by atoms with van der Waals surface area (Å²) in [4.78, 5) is 26.9. The van der Waals surface area contributed by atoms with E-state index in [9.17, 15) is 9.59 Å². The first kappa shape index (κ1) is 14.7. The van der Waals surface area contributed by atoms with Gasteiger partial charge in [0.15, 0.2) is 0 Å². The van der Waals surface area contributed by atoms with Gasteiger partial charge in [0.25, 0.3) is 0 Å². The van der Waals surface area contributed by atoms with Crippen LogP contribution in [0.15, 0.2) is 0 Å². The van der Waals surface area contributed by atoms with Crippen LogP contribution in [0.1, 0.15) is 40.5 Å². The van der Waals surface area contributed by atoms with Crippen molar-refractivity contribution < 1.29 is 9.59 Å². The molecule has 2 fully saturated rings. The fourth-order valence-electron chi connectivity index (χ4n) is 2.87. The summed E-state index contributed by atoms with van der Waals surface area (Å²) in [6.45, 7) is 7.99. The molecule has 2 heterocycles. The molecule has 2 saturated heterocycles. The van der Waals surface area contributed by atoms with Crippen molar-refractivity contribution >= 4 is 23.6 Å². The van der Waals surface area contributed by atoms with E-state index in [0.717, 1.165) is 17.9 Å². The van der Waals surface area contributed by atoms with Crippen LogP contribution in [0.25, 0.3) is 0 Å². The molecule has 3 atom stereocenters. The summed E-state index contributed by atoms with van der Waals surface area (Å²) in [5.74, 6) is 2.17. The van der Waals surface area contributed by atoms with Gasteiger partial charge in [0.1, 0.15) is 12.1 Å². The zero-order valence-corrected chi connectivity index (χ0v) is 13.0. The lowest BCUT2D eigenvalue weighted by atomic mass is 9.83. The van der Waals surface area contributed by atoms with Crippen LogP contribution in [-0.4, -0.2) is 46.3 Å². The Labute approximate surface area is 119 Å². The molecule has 1 N–H and O–H groups in total. The third kappa shape index (κ3) is 2.76. The van der Waals surface area contributed by atoms with Crippen molar-refractivity contribution in [1.82, 2.24) is 10.2 Å². The van der Waals surface area contributed by atoms with E-state index in [2.05, 4.69) is 5.32 Å². The third-order valence-electron chi connectivity index (χ3n) is 3.98. The van der Waals surface area contributed by atoms with Gasteiger partial charge in [0.2, 0.25) is 11.8 Å². The summed E-state index contributed by atoms with van der Waals surface area (Å²) in [6.07, 6.45) is 1.70. The molecule has 0 saturated carbocycles. The Hall–Kier alpha value is -0.710. The lowest BCUT2D eigenvalue weighted by Crippen LogP contribution is -2.68. The maximum Gasteiger partial charge on any atom is 0.246 e. The zero-order chi connectivity index (χ0) is 14.2. The van der Waals surface area contributed by atoms with Crippen molar-refractivity contribution in [3.63, 3.8) is 0 Å². The van der Waals surface area contributed by atoms with Crippen LogP contribution in [0.4, 0.5) is 0 Å². The Balaban J connectivity index is 2.28. The number of piperazine rings is 1. The van der Waals surface area contributed by atoms with Gasteiger partial charge in [-0.05, 0) is 24.0 Å². The van der Waals surface area contributed by atoms with Gasteiger partial charge in [0, 0.05) is 11.8 Å². The molecule has 5 heteroatoms. The van der Waals surface area contributed by atoms with Crippen molar-refractivity contribution in [2.24, 2.45) is 5.41 Å². The Morgan fingerprint density at radius 1 is 1.37 bits per heavy atom. The second-order valence-electron chi connectivity index (χ2n) is 6.49. The summed E-state index contributed by atoms with van der Waals surface area (Å²) in [5.41, 5.74) is -0.241. The largest absolute Gasteiger partial charge is 0.342 e. The van der Waals surface area contributed by atoms with Crippen molar-refractivity contribution in [3.8, 4) is 0 Å². The van der Waals surface area contributed by atoms with Crippen LogP contribution in [0.5, 0.6) is 0 Å². The first-order chi connectivity index (χ1) is 8.86. The van der Waals surface area contributed by atoms with Gasteiger partial charge in [-0.15, -0.1) is 0 Å². The smallest absolute Gasteiger partial charge is 0.246 e. The van der Waals surface area contributed by atoms with E-state index in [-0.39, 0.29) is 29.3 Å². The highest BCUT2D eigenvalue weighted by Crippen LogP contribution is 2.31. The number of hydrogen-bond donors (Lipinski definition) is 1. The molecule has 0 radical (unpaired) electrons. The van der Waals surface area contributed by atoms with Crippen molar-refractivity contribution in [2.75, 3.05) is 11.5 Å². The van der Waals surface area contributed by atoms with Gasteiger partial charge < -0.3 is 10.2 Å². The molecule has 2 aliphatic heterocycles. The molecule has 2 rings (SSSR count). The lowest BCUT2D eigenvalue weighted by molar-refractivity contribution is -0.154. The number of thioether (sulfide) groups is 1. The van der Waals surface area contributed by atoms with Gasteiger partial charge in [-0.2, -0.15) is 11.8 Å². The van der Waals surface area contributed by atoms with Crippen LogP contribution in [0, 0.1) is 5.41 Å². The fourth-order valence-corrected chi connectivity index (χ4v) is 4.08. The lowest BCUT2D eigenvalue weighted by Gasteiger charge is -2.45. The summed E-state index contributed by atoms with van der Waals surface area (Å²) >= 11 is 1.87. The molecular weight excluding hydrogens is 260 g/mol. The summed E-state index contributed by atoms with van der Waals surface area (Å²) < 4.78 is 0. The molecule has 19 heavy (non-hydrogen) atoms. The summed E-state index contributed by atoms with van der Waals surface area (Å²) in [6, 6.07) is -0.443. The van der Waals surface area contributed by atoms with E-state index in [1.165, 1.54) is 0 Å². The molecule has 108 valence electrons. The maximum atomic E-state index is 12.8. The molecule has 0 bridgehead atoms. The summed E-state index contributed by atoms with van der Waals surface area (Å²) in [5, 5.41) is 2.92. The third-order valence-corrected chi connectivity index (χ3v) is 5.12. The maximum absolute atomic E-state index is 12.8. The predicted octanol–water partition coefficient (Wildman–Crippen LogP) is 1.64. The number of nitrogens with zero attached hydrogens (tertiary/aromatic N) is 1. The quantitative estimate of drug-likeness (QED) is 0.839. The highest BCUT2D eigenvalue weighted by Gasteiger charge is 2.47. The Bertz CT molecular complexity index is 372. The van der Waals surface area contributed by atoms with E-state index >= 15 is 0 Å². The van der Waals surface area contributed by atoms with Gasteiger partial charge in [-0.25, -0.2) is 0 Å². The van der Waals surface area contributed by atoms with E-state index in [1.807, 2.05) is 44.4 Å². The standard InChI is InChI=1S/C14H24N2O2S/c1-5-10-12(17)15-11(14(2,3)4)13(18)16(10)9-6-7-19-8-9/h9-11H,5-8H2,1-4H3,(H,15,17). The number of amides is 2. The number of rotatable bonds is 2. The van der Waals surface area contributed by atoms with Crippen molar-refractivity contribution in [3.05, 3.63) is 0 Å². The summed E-state index contributed by atoms with van der Waals surface area (Å²) in [7, 11) is 0. The molecule has 4 nitrogen and oxygen atoms in total. The fraction of sp³-hybridized carbons (Fsp3) is 0.857. The van der Waals surface area contributed by atoms with Crippen LogP contribution < -0.4 is 5.32 Å². The molecule has 2 amide bonds. The number of carbonyl (C=O) groups excluding carboxylic acids is 2. The number of hydrogen-bond acceptors (Lipinski definition) is 3. The second-order valence-corrected chi connectivity index (χ2v) is 7.64. The second kappa shape index (κ2) is 5.35. The van der Waals surface area contributed by atoms with E-state index < -0.39 is 6.04 Å². The molecule has 2 aliphatic rings. The van der Waals surface area contributed by atoms with Gasteiger partial charge in [-0.3, -0.25) is 9.59 Å². The van der Waals surface area contributed by atoms with E-state index in [0.29, 0.717) is 6.42 Å². The average Bonchev–Trinajstić information content (AvgIpc) is 2.82. The van der Waals surface area contributed by atoms with Crippen LogP contribution in [-0.2, 0) is 9.59 Å². The highest BCUT2D eigenvalue weighted by atomic mass is 32.2. The molecule has 0 spiro atoms. The highest BCUT2D eigenvalue weighted by molar-refractivity contribution is 7.99. The van der Waals surface area contributed by atoms with E-state index in [4.69, 9.17) is 0 Å². The minimum atomic E-state index is -0.395. The first-order valence-electron chi connectivity index (χ1n) is 7.06. The molecule has 0 aromatic rings. The minimum absolute atomic E-state index is 0.0129. The molecule has 3 unspecified atom stereocenters. The van der Waals surface area contributed by atoms with E-state index in [1.54, 1.807) is 0 Å². The Morgan fingerprint density at radius 3 is 2.53 bits per heavy atom. The molecular formula is C14H24N2O2S. The number of carbonyl (C=O) groups is 2. The normalized spacial score (nSPS) is 32.6. The predicted molar refractivity (Wildman–Crippen MR) is 78.0 cm³/mol. The van der Waals surface area contributed by atoms with Crippen LogP contribution in [0.3, 0.4) is 0 Å². The van der Waals surface area contributed by atoms with Crippen molar-refractivity contribution in [2.45, 2.75) is 58.7 Å². The average molecular weight is 284 g/mol. The molecule has 0 aliphatic carbocycles. The minimum Gasteiger partial charge on any atom is -0.342 e. The number of nitrogens with one attached hydrogen (secondary N) is 1.